The predicted molar refractivity (Wildman–Crippen MR) is 91.0 cm³/mol. The molecule has 2 N–H and O–H groups in total. The zero-order valence-corrected chi connectivity index (χ0v) is 13.4. The van der Waals surface area contributed by atoms with Crippen LogP contribution in [0.15, 0.2) is 42.5 Å². The van der Waals surface area contributed by atoms with Crippen LogP contribution in [-0.2, 0) is 0 Å². The second-order valence-corrected chi connectivity index (χ2v) is 5.67. The molecule has 0 spiro atoms. The van der Waals surface area contributed by atoms with Crippen LogP contribution in [0.5, 0.6) is 5.75 Å². The third kappa shape index (κ3) is 3.34. The summed E-state index contributed by atoms with van der Waals surface area (Å²) in [5.41, 5.74) is 2.93. The molecular formula is C18H19N3O2. The van der Waals surface area contributed by atoms with E-state index in [0.717, 1.165) is 16.9 Å². The summed E-state index contributed by atoms with van der Waals surface area (Å²) >= 11 is 0. The minimum Gasteiger partial charge on any atom is -0.489 e. The summed E-state index contributed by atoms with van der Waals surface area (Å²) in [6, 6.07) is 12.8. The number of amides is 1. The average Bonchev–Trinajstić information content (AvgIpc) is 2.87. The van der Waals surface area contributed by atoms with Gasteiger partial charge in [0, 0.05) is 5.56 Å². The minimum atomic E-state index is -0.182. The van der Waals surface area contributed by atoms with Gasteiger partial charge in [0.05, 0.1) is 22.8 Å². The van der Waals surface area contributed by atoms with Gasteiger partial charge in [-0.25, -0.2) is 4.98 Å². The Morgan fingerprint density at radius 3 is 2.78 bits per heavy atom. The van der Waals surface area contributed by atoms with Gasteiger partial charge in [-0.05, 0) is 51.1 Å². The number of carbonyl (C=O) groups excluding carboxylic acids is 1. The average molecular weight is 309 g/mol. The summed E-state index contributed by atoms with van der Waals surface area (Å²) in [6.45, 7) is 5.79. The van der Waals surface area contributed by atoms with Crippen LogP contribution in [0.1, 0.15) is 30.0 Å². The standard InChI is InChI=1S/C18H19N3O2/c1-11(2)23-17-7-5-4-6-15(17)21-18(22)13-8-9-14-16(10-13)20-12(3)19-14/h4-11H,1-3H3,(H,19,20)(H,21,22). The van der Waals surface area contributed by atoms with E-state index in [1.54, 1.807) is 12.1 Å². The first kappa shape index (κ1) is 15.1. The molecule has 5 heteroatoms. The van der Waals surface area contributed by atoms with Crippen molar-refractivity contribution in [3.63, 3.8) is 0 Å². The quantitative estimate of drug-likeness (QED) is 0.768. The van der Waals surface area contributed by atoms with Crippen LogP contribution < -0.4 is 10.1 Å². The van der Waals surface area contributed by atoms with Crippen LogP contribution in [0, 0.1) is 6.92 Å². The van der Waals surface area contributed by atoms with Gasteiger partial charge >= 0.3 is 0 Å². The maximum atomic E-state index is 12.5. The zero-order chi connectivity index (χ0) is 16.4. The van der Waals surface area contributed by atoms with Crippen molar-refractivity contribution in [2.24, 2.45) is 0 Å². The maximum absolute atomic E-state index is 12.5. The largest absolute Gasteiger partial charge is 0.489 e. The second kappa shape index (κ2) is 6.12. The Bertz CT molecular complexity index is 852. The smallest absolute Gasteiger partial charge is 0.255 e. The van der Waals surface area contributed by atoms with E-state index >= 15 is 0 Å². The van der Waals surface area contributed by atoms with Crippen molar-refractivity contribution in [1.82, 2.24) is 9.97 Å². The molecule has 1 amide bonds. The van der Waals surface area contributed by atoms with Crippen LogP contribution in [-0.4, -0.2) is 22.0 Å². The fraction of sp³-hybridized carbons (Fsp3) is 0.222. The zero-order valence-electron chi connectivity index (χ0n) is 13.4. The molecule has 0 radical (unpaired) electrons. The van der Waals surface area contributed by atoms with Crippen molar-refractivity contribution in [3.8, 4) is 5.75 Å². The Morgan fingerprint density at radius 2 is 2.00 bits per heavy atom. The molecule has 0 atom stereocenters. The third-order valence-electron chi connectivity index (χ3n) is 3.36. The van der Waals surface area contributed by atoms with E-state index in [-0.39, 0.29) is 12.0 Å². The van der Waals surface area contributed by atoms with Crippen molar-refractivity contribution in [2.75, 3.05) is 5.32 Å². The summed E-state index contributed by atoms with van der Waals surface area (Å²) < 4.78 is 5.72. The topological polar surface area (TPSA) is 67.0 Å². The molecule has 3 rings (SSSR count). The number of benzene rings is 2. The van der Waals surface area contributed by atoms with Crippen LogP contribution >= 0.6 is 0 Å². The van der Waals surface area contributed by atoms with Crippen molar-refractivity contribution in [3.05, 3.63) is 53.9 Å². The van der Waals surface area contributed by atoms with Gasteiger partial charge in [0.25, 0.3) is 5.91 Å². The lowest BCUT2D eigenvalue weighted by Gasteiger charge is -2.14. The molecule has 0 saturated heterocycles. The molecule has 0 aliphatic heterocycles. The summed E-state index contributed by atoms with van der Waals surface area (Å²) in [4.78, 5) is 20.0. The Labute approximate surface area is 134 Å². The lowest BCUT2D eigenvalue weighted by Crippen LogP contribution is -2.14. The molecule has 1 aromatic heterocycles. The van der Waals surface area contributed by atoms with Crippen LogP contribution in [0.25, 0.3) is 11.0 Å². The Kier molecular flexibility index (Phi) is 4.02. The van der Waals surface area contributed by atoms with Gasteiger partial charge in [0.1, 0.15) is 11.6 Å². The molecule has 5 nitrogen and oxygen atoms in total. The first-order valence-electron chi connectivity index (χ1n) is 7.56. The van der Waals surface area contributed by atoms with E-state index in [1.807, 2.05) is 51.1 Å². The second-order valence-electron chi connectivity index (χ2n) is 5.67. The molecule has 3 aromatic rings. The maximum Gasteiger partial charge on any atom is 0.255 e. The minimum absolute atomic E-state index is 0.0392. The van der Waals surface area contributed by atoms with Gasteiger partial charge in [-0.3, -0.25) is 4.79 Å². The first-order chi connectivity index (χ1) is 11.0. The summed E-state index contributed by atoms with van der Waals surface area (Å²) in [7, 11) is 0. The number of nitrogens with one attached hydrogen (secondary N) is 2. The van der Waals surface area contributed by atoms with Gasteiger partial charge in [-0.2, -0.15) is 0 Å². The molecule has 23 heavy (non-hydrogen) atoms. The van der Waals surface area contributed by atoms with E-state index in [4.69, 9.17) is 4.74 Å². The summed E-state index contributed by atoms with van der Waals surface area (Å²) in [6.07, 6.45) is 0.0392. The normalized spacial score (nSPS) is 11.0. The number of H-pyrrole nitrogens is 1. The molecule has 0 saturated carbocycles. The fourth-order valence-electron chi connectivity index (χ4n) is 2.40. The molecule has 0 aliphatic carbocycles. The lowest BCUT2D eigenvalue weighted by atomic mass is 10.2. The SMILES string of the molecule is Cc1nc2ccc(C(=O)Nc3ccccc3OC(C)C)cc2[nH]1. The molecule has 0 bridgehead atoms. The molecule has 0 aliphatic rings. The van der Waals surface area contributed by atoms with Crippen molar-refractivity contribution in [2.45, 2.75) is 26.9 Å². The predicted octanol–water partition coefficient (Wildman–Crippen LogP) is 3.91. The molecule has 0 fully saturated rings. The fourth-order valence-corrected chi connectivity index (χ4v) is 2.40. The number of aromatic amines is 1. The number of ether oxygens (including phenoxy) is 1. The van der Waals surface area contributed by atoms with Crippen molar-refractivity contribution < 1.29 is 9.53 Å². The number of rotatable bonds is 4. The number of fused-ring (bicyclic) bond motifs is 1. The van der Waals surface area contributed by atoms with Gasteiger partial charge < -0.3 is 15.0 Å². The number of carbonyl (C=O) groups is 1. The summed E-state index contributed by atoms with van der Waals surface area (Å²) in [5, 5.41) is 2.91. The molecule has 2 aromatic carbocycles. The van der Waals surface area contributed by atoms with Crippen LogP contribution in [0.4, 0.5) is 5.69 Å². The Hall–Kier alpha value is -2.82. The third-order valence-corrected chi connectivity index (χ3v) is 3.36. The van der Waals surface area contributed by atoms with Gasteiger partial charge in [-0.15, -0.1) is 0 Å². The molecular weight excluding hydrogens is 290 g/mol. The lowest BCUT2D eigenvalue weighted by molar-refractivity contribution is 0.102. The molecule has 0 unspecified atom stereocenters. The molecule has 1 heterocycles. The van der Waals surface area contributed by atoms with Crippen LogP contribution in [0.3, 0.4) is 0 Å². The van der Waals surface area contributed by atoms with Gasteiger partial charge in [0.15, 0.2) is 0 Å². The number of imidazole rings is 1. The van der Waals surface area contributed by atoms with E-state index in [1.165, 1.54) is 0 Å². The number of aromatic nitrogens is 2. The van der Waals surface area contributed by atoms with Crippen molar-refractivity contribution >= 4 is 22.6 Å². The number of hydrogen-bond acceptors (Lipinski definition) is 3. The van der Waals surface area contributed by atoms with Crippen molar-refractivity contribution in [1.29, 1.82) is 0 Å². The number of anilines is 1. The van der Waals surface area contributed by atoms with Crippen LogP contribution in [0.2, 0.25) is 0 Å². The van der Waals surface area contributed by atoms with Gasteiger partial charge in [0.2, 0.25) is 0 Å². The first-order valence-corrected chi connectivity index (χ1v) is 7.56. The highest BCUT2D eigenvalue weighted by Gasteiger charge is 2.12. The van der Waals surface area contributed by atoms with E-state index < -0.39 is 0 Å². The Morgan fingerprint density at radius 1 is 1.22 bits per heavy atom. The Balaban J connectivity index is 1.85. The molecule has 118 valence electrons. The number of nitrogens with zero attached hydrogens (tertiary/aromatic N) is 1. The summed E-state index contributed by atoms with van der Waals surface area (Å²) in [5.74, 6) is 1.31. The van der Waals surface area contributed by atoms with E-state index in [0.29, 0.717) is 17.0 Å². The highest BCUT2D eigenvalue weighted by molar-refractivity contribution is 6.06. The number of para-hydroxylation sites is 2. The highest BCUT2D eigenvalue weighted by atomic mass is 16.5. The number of hydrogen-bond donors (Lipinski definition) is 2. The number of aryl methyl sites for hydroxylation is 1. The van der Waals surface area contributed by atoms with Gasteiger partial charge in [-0.1, -0.05) is 12.1 Å². The van der Waals surface area contributed by atoms with E-state index in [2.05, 4.69) is 15.3 Å². The van der Waals surface area contributed by atoms with E-state index in [9.17, 15) is 4.79 Å². The monoisotopic (exact) mass is 309 g/mol. The highest BCUT2D eigenvalue weighted by Crippen LogP contribution is 2.25.